The maximum atomic E-state index is 13.1. The van der Waals surface area contributed by atoms with Crippen LogP contribution in [0.4, 0.5) is 13.2 Å². The van der Waals surface area contributed by atoms with Crippen LogP contribution in [-0.4, -0.2) is 31.1 Å². The normalized spacial score (nSPS) is 16.8. The molecule has 26 heavy (non-hydrogen) atoms. The van der Waals surface area contributed by atoms with Crippen LogP contribution in [0.5, 0.6) is 11.5 Å². The smallest absolute Gasteiger partial charge is 0.387 e. The first-order chi connectivity index (χ1) is 12.5. The maximum Gasteiger partial charge on any atom is 0.387 e. The summed E-state index contributed by atoms with van der Waals surface area (Å²) in [5.41, 5.74) is 1.07. The van der Waals surface area contributed by atoms with E-state index in [1.807, 2.05) is 0 Å². The Kier molecular flexibility index (Phi) is 5.35. The first kappa shape index (κ1) is 18.1. The molecule has 0 bridgehead atoms. The fourth-order valence-electron chi connectivity index (χ4n) is 3.20. The van der Waals surface area contributed by atoms with Gasteiger partial charge in [0.05, 0.1) is 13.2 Å². The van der Waals surface area contributed by atoms with E-state index in [9.17, 15) is 18.0 Å². The van der Waals surface area contributed by atoms with Crippen molar-refractivity contribution in [3.63, 3.8) is 0 Å². The number of halogens is 3. The van der Waals surface area contributed by atoms with Crippen molar-refractivity contribution >= 4 is 5.91 Å². The van der Waals surface area contributed by atoms with E-state index in [2.05, 4.69) is 4.74 Å². The molecule has 1 fully saturated rings. The minimum absolute atomic E-state index is 0.123. The van der Waals surface area contributed by atoms with E-state index in [0.29, 0.717) is 6.54 Å². The molecular formula is C19H18F3NO3. The molecule has 1 saturated heterocycles. The maximum absolute atomic E-state index is 13.1. The summed E-state index contributed by atoms with van der Waals surface area (Å²) in [7, 11) is 1.33. The van der Waals surface area contributed by atoms with Crippen molar-refractivity contribution in [2.75, 3.05) is 13.7 Å². The van der Waals surface area contributed by atoms with Gasteiger partial charge in [0.1, 0.15) is 5.82 Å². The highest BCUT2D eigenvalue weighted by molar-refractivity contribution is 5.95. The summed E-state index contributed by atoms with van der Waals surface area (Å²) in [6.45, 7) is -2.48. The molecule has 0 N–H and O–H groups in total. The van der Waals surface area contributed by atoms with Crippen molar-refractivity contribution in [2.45, 2.75) is 25.5 Å². The molecule has 1 atom stereocenters. The predicted octanol–water partition coefficient (Wildman–Crippen LogP) is 4.41. The Morgan fingerprint density at radius 1 is 1.15 bits per heavy atom. The number of likely N-dealkylation sites (tertiary alicyclic amines) is 1. The minimum Gasteiger partial charge on any atom is -0.493 e. The van der Waals surface area contributed by atoms with Crippen molar-refractivity contribution in [1.29, 1.82) is 0 Å². The molecule has 0 aromatic heterocycles. The van der Waals surface area contributed by atoms with Crippen molar-refractivity contribution in [2.24, 2.45) is 0 Å². The Balaban J connectivity index is 1.86. The minimum atomic E-state index is -3.02. The monoisotopic (exact) mass is 365 g/mol. The van der Waals surface area contributed by atoms with Gasteiger partial charge in [-0.15, -0.1) is 0 Å². The highest BCUT2D eigenvalue weighted by Crippen LogP contribution is 2.35. The third-order valence-electron chi connectivity index (χ3n) is 4.40. The fourth-order valence-corrected chi connectivity index (χ4v) is 3.20. The summed E-state index contributed by atoms with van der Waals surface area (Å²) in [4.78, 5) is 14.6. The Labute approximate surface area is 149 Å². The lowest BCUT2D eigenvalue weighted by Crippen LogP contribution is -2.30. The molecule has 7 heteroatoms. The summed E-state index contributed by atoms with van der Waals surface area (Å²) >= 11 is 0. The Bertz CT molecular complexity index is 780. The van der Waals surface area contributed by atoms with Crippen LogP contribution in [0.3, 0.4) is 0 Å². The molecule has 0 radical (unpaired) electrons. The number of ether oxygens (including phenoxy) is 2. The molecule has 1 aliphatic heterocycles. The average molecular weight is 365 g/mol. The molecule has 1 amide bonds. The number of nitrogens with zero attached hydrogens (tertiary/aromatic N) is 1. The molecule has 0 spiro atoms. The third kappa shape index (κ3) is 3.76. The van der Waals surface area contributed by atoms with E-state index in [1.54, 1.807) is 17.0 Å². The second-order valence-corrected chi connectivity index (χ2v) is 5.95. The van der Waals surface area contributed by atoms with Gasteiger partial charge in [0.25, 0.3) is 5.91 Å². The van der Waals surface area contributed by atoms with E-state index in [-0.39, 0.29) is 34.8 Å². The zero-order valence-electron chi connectivity index (χ0n) is 14.1. The zero-order chi connectivity index (χ0) is 18.7. The van der Waals surface area contributed by atoms with Gasteiger partial charge < -0.3 is 14.4 Å². The standard InChI is InChI=1S/C19H18F3NO3/c1-25-16-9-6-13(11-17(16)26-19(21)22)18(24)23-10-2-3-15(23)12-4-7-14(20)8-5-12/h4-9,11,15,19H,2-3,10H2,1H3/t15-/m0/s1. The first-order valence-corrected chi connectivity index (χ1v) is 8.19. The number of carbonyl (C=O) groups is 1. The number of amides is 1. The second-order valence-electron chi connectivity index (χ2n) is 5.95. The lowest BCUT2D eigenvalue weighted by atomic mass is 10.0. The predicted molar refractivity (Wildman–Crippen MR) is 89.0 cm³/mol. The molecule has 2 aromatic rings. The molecule has 138 valence electrons. The molecule has 1 heterocycles. The molecular weight excluding hydrogens is 347 g/mol. The summed E-state index contributed by atoms with van der Waals surface area (Å²) in [6.07, 6.45) is 1.57. The number of methoxy groups -OCH3 is 1. The van der Waals surface area contributed by atoms with E-state index in [0.717, 1.165) is 18.4 Å². The van der Waals surface area contributed by atoms with Gasteiger partial charge in [0.15, 0.2) is 11.5 Å². The Morgan fingerprint density at radius 3 is 2.54 bits per heavy atom. The summed E-state index contributed by atoms with van der Waals surface area (Å²) in [5.74, 6) is -0.698. The summed E-state index contributed by atoms with van der Waals surface area (Å²) < 4.78 is 47.7. The zero-order valence-corrected chi connectivity index (χ0v) is 14.1. The van der Waals surface area contributed by atoms with E-state index in [1.165, 1.54) is 37.4 Å². The molecule has 0 aliphatic carbocycles. The molecule has 2 aromatic carbocycles. The second kappa shape index (κ2) is 7.68. The van der Waals surface area contributed by atoms with Crippen LogP contribution in [0.15, 0.2) is 42.5 Å². The van der Waals surface area contributed by atoms with E-state index in [4.69, 9.17) is 4.74 Å². The summed E-state index contributed by atoms with van der Waals surface area (Å²) in [5, 5.41) is 0. The van der Waals surface area contributed by atoms with Crippen molar-refractivity contribution in [1.82, 2.24) is 4.90 Å². The first-order valence-electron chi connectivity index (χ1n) is 8.19. The van der Waals surface area contributed by atoms with Gasteiger partial charge in [-0.2, -0.15) is 8.78 Å². The average Bonchev–Trinajstić information content (AvgIpc) is 3.11. The van der Waals surface area contributed by atoms with Gasteiger partial charge in [0.2, 0.25) is 0 Å². The quantitative estimate of drug-likeness (QED) is 0.788. The number of hydrogen-bond donors (Lipinski definition) is 0. The van der Waals surface area contributed by atoms with Gasteiger partial charge in [0, 0.05) is 12.1 Å². The van der Waals surface area contributed by atoms with Gasteiger partial charge in [-0.25, -0.2) is 4.39 Å². The number of alkyl halides is 2. The van der Waals surface area contributed by atoms with Crippen LogP contribution in [0.2, 0.25) is 0 Å². The van der Waals surface area contributed by atoms with Crippen LogP contribution in [-0.2, 0) is 0 Å². The summed E-state index contributed by atoms with van der Waals surface area (Å²) in [6, 6.07) is 10.1. The van der Waals surface area contributed by atoms with Crippen LogP contribution in [0.25, 0.3) is 0 Å². The van der Waals surface area contributed by atoms with Gasteiger partial charge in [-0.05, 0) is 48.7 Å². The van der Waals surface area contributed by atoms with Crippen LogP contribution < -0.4 is 9.47 Å². The topological polar surface area (TPSA) is 38.8 Å². The number of rotatable bonds is 5. The van der Waals surface area contributed by atoms with Crippen LogP contribution in [0, 0.1) is 5.82 Å². The highest BCUT2D eigenvalue weighted by atomic mass is 19.3. The Morgan fingerprint density at radius 2 is 1.88 bits per heavy atom. The molecule has 0 unspecified atom stereocenters. The number of carbonyl (C=O) groups excluding carboxylic acids is 1. The third-order valence-corrected chi connectivity index (χ3v) is 4.40. The molecule has 0 saturated carbocycles. The number of benzene rings is 2. The lowest BCUT2D eigenvalue weighted by Gasteiger charge is -2.25. The fraction of sp³-hybridized carbons (Fsp3) is 0.316. The van der Waals surface area contributed by atoms with E-state index >= 15 is 0 Å². The highest BCUT2D eigenvalue weighted by Gasteiger charge is 2.31. The van der Waals surface area contributed by atoms with Crippen LogP contribution >= 0.6 is 0 Å². The Hall–Kier alpha value is -2.70. The largest absolute Gasteiger partial charge is 0.493 e. The molecule has 1 aliphatic rings. The number of hydrogen-bond acceptors (Lipinski definition) is 3. The van der Waals surface area contributed by atoms with Crippen molar-refractivity contribution in [3.8, 4) is 11.5 Å². The van der Waals surface area contributed by atoms with E-state index < -0.39 is 6.61 Å². The van der Waals surface area contributed by atoms with Crippen LogP contribution in [0.1, 0.15) is 34.8 Å². The van der Waals surface area contributed by atoms with Crippen molar-refractivity contribution < 1.29 is 27.4 Å². The van der Waals surface area contributed by atoms with Gasteiger partial charge in [-0.3, -0.25) is 4.79 Å². The molecule has 4 nitrogen and oxygen atoms in total. The van der Waals surface area contributed by atoms with Gasteiger partial charge >= 0.3 is 6.61 Å². The SMILES string of the molecule is COc1ccc(C(=O)N2CCC[C@H]2c2ccc(F)cc2)cc1OC(F)F. The van der Waals surface area contributed by atoms with Gasteiger partial charge in [-0.1, -0.05) is 12.1 Å². The van der Waals surface area contributed by atoms with Crippen molar-refractivity contribution in [3.05, 3.63) is 59.4 Å². The lowest BCUT2D eigenvalue weighted by molar-refractivity contribution is -0.0512. The molecule has 3 rings (SSSR count).